The first-order valence-electron chi connectivity index (χ1n) is 7.00. The second kappa shape index (κ2) is 6.84. The van der Waals surface area contributed by atoms with Crippen molar-refractivity contribution in [1.82, 2.24) is 5.32 Å². The summed E-state index contributed by atoms with van der Waals surface area (Å²) in [6, 6.07) is 1.80. The van der Waals surface area contributed by atoms with Crippen LogP contribution in [0.2, 0.25) is 0 Å². The number of esters is 1. The van der Waals surface area contributed by atoms with Crippen molar-refractivity contribution in [2.75, 3.05) is 0 Å². The first kappa shape index (κ1) is 17.7. The summed E-state index contributed by atoms with van der Waals surface area (Å²) in [5.74, 6) is -1.28. The van der Waals surface area contributed by atoms with Gasteiger partial charge in [-0.05, 0) is 49.7 Å². The molecule has 1 atom stereocenters. The first-order valence-corrected chi connectivity index (χ1v) is 8.67. The Labute approximate surface area is 146 Å². The van der Waals surface area contributed by atoms with E-state index in [1.807, 2.05) is 5.38 Å². The molecule has 6 nitrogen and oxygen atoms in total. The molecular weight excluding hydrogens is 384 g/mol. The van der Waals surface area contributed by atoms with E-state index in [-0.39, 0.29) is 17.4 Å². The molecule has 8 heteroatoms. The van der Waals surface area contributed by atoms with Crippen LogP contribution in [0.5, 0.6) is 0 Å². The summed E-state index contributed by atoms with van der Waals surface area (Å²) >= 11 is 4.73. The maximum absolute atomic E-state index is 12.5. The summed E-state index contributed by atoms with van der Waals surface area (Å²) in [4.78, 5) is 24.4. The number of nitrogens with one attached hydrogen (secondary N) is 1. The molecule has 23 heavy (non-hydrogen) atoms. The van der Waals surface area contributed by atoms with Crippen LogP contribution < -0.4 is 5.32 Å². The molecule has 124 valence electrons. The standard InChI is InChI=1S/C15H17BrN2O4S/c1-7(2)22-15(19)12-8(3)17-9(4)14(18(20)21)13(12)11-5-10(16)6-23-11/h5-7,13,17H,1-4H3. The lowest BCUT2D eigenvalue weighted by molar-refractivity contribution is -0.430. The number of nitrogens with zero attached hydrogens (tertiary/aromatic N) is 1. The quantitative estimate of drug-likeness (QED) is 0.470. The molecule has 0 saturated carbocycles. The maximum Gasteiger partial charge on any atom is 0.337 e. The Bertz CT molecular complexity index is 721. The molecule has 0 radical (unpaired) electrons. The van der Waals surface area contributed by atoms with Crippen LogP contribution in [-0.4, -0.2) is 17.0 Å². The van der Waals surface area contributed by atoms with Crippen LogP contribution in [0.3, 0.4) is 0 Å². The van der Waals surface area contributed by atoms with Gasteiger partial charge < -0.3 is 10.1 Å². The third kappa shape index (κ3) is 3.64. The van der Waals surface area contributed by atoms with E-state index in [0.29, 0.717) is 11.4 Å². The van der Waals surface area contributed by atoms with Gasteiger partial charge in [0.15, 0.2) is 0 Å². The summed E-state index contributed by atoms with van der Waals surface area (Å²) in [6.07, 6.45) is -0.301. The number of hydrogen-bond donors (Lipinski definition) is 1. The van der Waals surface area contributed by atoms with Gasteiger partial charge >= 0.3 is 5.97 Å². The number of allylic oxidation sites excluding steroid dienone is 3. The van der Waals surface area contributed by atoms with E-state index in [2.05, 4.69) is 21.2 Å². The van der Waals surface area contributed by atoms with Crippen molar-refractivity contribution < 1.29 is 14.5 Å². The summed E-state index contributed by atoms with van der Waals surface area (Å²) in [5, 5.41) is 16.3. The monoisotopic (exact) mass is 400 g/mol. The van der Waals surface area contributed by atoms with Gasteiger partial charge in [0.1, 0.15) is 5.92 Å². The van der Waals surface area contributed by atoms with E-state index in [4.69, 9.17) is 4.74 Å². The van der Waals surface area contributed by atoms with E-state index < -0.39 is 16.8 Å². The zero-order valence-corrected chi connectivity index (χ0v) is 15.6. The second-order valence-electron chi connectivity index (χ2n) is 5.49. The number of carbonyl (C=O) groups excluding carboxylic acids is 1. The molecule has 2 rings (SSSR count). The minimum Gasteiger partial charge on any atom is -0.460 e. The fraction of sp³-hybridized carbons (Fsp3) is 0.400. The second-order valence-corrected chi connectivity index (χ2v) is 7.34. The molecule has 1 aliphatic rings. The average molecular weight is 401 g/mol. The highest BCUT2D eigenvalue weighted by Gasteiger charge is 2.41. The Morgan fingerprint density at radius 2 is 2.09 bits per heavy atom. The largest absolute Gasteiger partial charge is 0.460 e. The van der Waals surface area contributed by atoms with Gasteiger partial charge in [0.2, 0.25) is 0 Å². The number of nitro groups is 1. The predicted molar refractivity (Wildman–Crippen MR) is 91.5 cm³/mol. The summed E-state index contributed by atoms with van der Waals surface area (Å²) < 4.78 is 6.12. The SMILES string of the molecule is CC1=C(C(=O)OC(C)C)C(c2cc(Br)cs2)C([N+](=O)[O-])=C(C)N1. The molecule has 0 fully saturated rings. The Hall–Kier alpha value is -1.67. The molecule has 0 saturated heterocycles. The van der Waals surface area contributed by atoms with E-state index in [1.165, 1.54) is 11.3 Å². The fourth-order valence-electron chi connectivity index (χ4n) is 2.53. The molecule has 1 aromatic rings. The molecule has 1 unspecified atom stereocenters. The first-order chi connectivity index (χ1) is 10.7. The molecule has 2 heterocycles. The van der Waals surface area contributed by atoms with Crippen LogP contribution in [-0.2, 0) is 9.53 Å². The average Bonchev–Trinajstić information content (AvgIpc) is 2.82. The number of halogens is 1. The van der Waals surface area contributed by atoms with Crippen molar-refractivity contribution in [3.05, 3.63) is 53.6 Å². The number of carbonyl (C=O) groups is 1. The van der Waals surface area contributed by atoms with Crippen LogP contribution in [0.15, 0.2) is 38.6 Å². The van der Waals surface area contributed by atoms with E-state index >= 15 is 0 Å². The number of rotatable bonds is 4. The number of thiophene rings is 1. The van der Waals surface area contributed by atoms with Crippen LogP contribution >= 0.6 is 27.3 Å². The molecule has 1 aliphatic heterocycles. The summed E-state index contributed by atoms with van der Waals surface area (Å²) in [7, 11) is 0. The van der Waals surface area contributed by atoms with Crippen molar-refractivity contribution >= 4 is 33.2 Å². The molecule has 0 aliphatic carbocycles. The highest BCUT2D eigenvalue weighted by atomic mass is 79.9. The van der Waals surface area contributed by atoms with Crippen molar-refractivity contribution in [3.8, 4) is 0 Å². The van der Waals surface area contributed by atoms with Gasteiger partial charge in [-0.15, -0.1) is 11.3 Å². The fourth-order valence-corrected chi connectivity index (χ4v) is 4.09. The predicted octanol–water partition coefficient (Wildman–Crippen LogP) is 3.93. The Morgan fingerprint density at radius 3 is 2.57 bits per heavy atom. The molecule has 0 spiro atoms. The summed E-state index contributed by atoms with van der Waals surface area (Å²) in [5.41, 5.74) is 1.27. The normalized spacial score (nSPS) is 18.3. The van der Waals surface area contributed by atoms with Crippen LogP contribution in [0.25, 0.3) is 0 Å². The Morgan fingerprint density at radius 1 is 1.43 bits per heavy atom. The van der Waals surface area contributed by atoms with E-state index in [0.717, 1.165) is 9.35 Å². The lowest BCUT2D eigenvalue weighted by Crippen LogP contribution is -2.32. The molecular formula is C15H17BrN2O4S. The molecule has 0 aromatic carbocycles. The third-order valence-corrected chi connectivity index (χ3v) is 5.12. The highest BCUT2D eigenvalue weighted by molar-refractivity contribution is 9.10. The highest BCUT2D eigenvalue weighted by Crippen LogP contribution is 2.42. The Kier molecular flexibility index (Phi) is 5.26. The zero-order valence-electron chi connectivity index (χ0n) is 13.2. The van der Waals surface area contributed by atoms with Gasteiger partial charge in [-0.25, -0.2) is 4.79 Å². The molecule has 0 bridgehead atoms. The van der Waals surface area contributed by atoms with Crippen molar-refractivity contribution in [2.45, 2.75) is 39.7 Å². The smallest absolute Gasteiger partial charge is 0.337 e. The molecule has 0 amide bonds. The van der Waals surface area contributed by atoms with Crippen molar-refractivity contribution in [2.24, 2.45) is 0 Å². The molecule has 1 aromatic heterocycles. The van der Waals surface area contributed by atoms with Crippen LogP contribution in [0.4, 0.5) is 0 Å². The minimum absolute atomic E-state index is 0.0272. The lowest BCUT2D eigenvalue weighted by Gasteiger charge is -2.26. The minimum atomic E-state index is -0.742. The third-order valence-electron chi connectivity index (χ3n) is 3.36. The van der Waals surface area contributed by atoms with Gasteiger partial charge in [-0.2, -0.15) is 0 Å². The van der Waals surface area contributed by atoms with Crippen LogP contribution in [0, 0.1) is 10.1 Å². The zero-order chi connectivity index (χ0) is 17.3. The van der Waals surface area contributed by atoms with E-state index in [1.54, 1.807) is 33.8 Å². The Balaban J connectivity index is 2.59. The van der Waals surface area contributed by atoms with Gasteiger partial charge in [0, 0.05) is 20.4 Å². The van der Waals surface area contributed by atoms with E-state index in [9.17, 15) is 14.9 Å². The van der Waals surface area contributed by atoms with Gasteiger partial charge in [0.25, 0.3) is 5.70 Å². The lowest BCUT2D eigenvalue weighted by atomic mass is 9.88. The van der Waals surface area contributed by atoms with Gasteiger partial charge in [-0.3, -0.25) is 10.1 Å². The number of ether oxygens (including phenoxy) is 1. The number of hydrogen-bond acceptors (Lipinski definition) is 6. The number of dihydropyridines is 1. The van der Waals surface area contributed by atoms with Crippen molar-refractivity contribution in [1.29, 1.82) is 0 Å². The maximum atomic E-state index is 12.5. The van der Waals surface area contributed by atoms with Gasteiger partial charge in [0.05, 0.1) is 22.3 Å². The van der Waals surface area contributed by atoms with Gasteiger partial charge in [-0.1, -0.05) is 0 Å². The molecule has 1 N–H and O–H groups in total. The van der Waals surface area contributed by atoms with Crippen LogP contribution in [0.1, 0.15) is 38.5 Å². The van der Waals surface area contributed by atoms with Crippen molar-refractivity contribution in [3.63, 3.8) is 0 Å². The topological polar surface area (TPSA) is 81.5 Å². The summed E-state index contributed by atoms with van der Waals surface area (Å²) in [6.45, 7) is 6.86.